The Hall–Kier alpha value is -2.21. The quantitative estimate of drug-likeness (QED) is 0.889. The van der Waals surface area contributed by atoms with E-state index in [1.807, 2.05) is 25.1 Å². The van der Waals surface area contributed by atoms with E-state index >= 15 is 0 Å². The Morgan fingerprint density at radius 1 is 1.42 bits per heavy atom. The van der Waals surface area contributed by atoms with Gasteiger partial charge in [-0.2, -0.15) is 0 Å². The smallest absolute Gasteiger partial charge is 0.258 e. The molecule has 0 saturated carbocycles. The zero-order chi connectivity index (χ0) is 17.1. The Morgan fingerprint density at radius 2 is 2.21 bits per heavy atom. The fraction of sp³-hybridized carbons (Fsp3) is 0.500. The van der Waals surface area contributed by atoms with Crippen LogP contribution in [-0.4, -0.2) is 45.1 Å². The van der Waals surface area contributed by atoms with Gasteiger partial charge >= 0.3 is 0 Å². The minimum absolute atomic E-state index is 0.0593. The van der Waals surface area contributed by atoms with E-state index in [4.69, 9.17) is 0 Å². The number of nitrogens with zero attached hydrogens (tertiary/aromatic N) is 2. The molecule has 24 heavy (non-hydrogen) atoms. The van der Waals surface area contributed by atoms with Gasteiger partial charge in [0, 0.05) is 25.9 Å². The highest BCUT2D eigenvalue weighted by molar-refractivity contribution is 5.77. The molecule has 2 N–H and O–H groups in total. The second kappa shape index (κ2) is 7.13. The molecule has 128 valence electrons. The van der Waals surface area contributed by atoms with E-state index in [2.05, 4.69) is 9.97 Å². The number of fused-ring (bicyclic) bond motifs is 1. The lowest BCUT2D eigenvalue weighted by Gasteiger charge is -2.34. The maximum Gasteiger partial charge on any atom is 0.258 e. The Kier molecular flexibility index (Phi) is 4.94. The molecular formula is C18H23N3O3. The van der Waals surface area contributed by atoms with Crippen LogP contribution in [-0.2, 0) is 11.2 Å². The molecule has 1 aromatic heterocycles. The molecule has 1 aliphatic rings. The second-order valence-electron chi connectivity index (χ2n) is 6.56. The molecule has 0 aliphatic carbocycles. The first kappa shape index (κ1) is 16.6. The summed E-state index contributed by atoms with van der Waals surface area (Å²) < 4.78 is 0. The Morgan fingerprint density at radius 3 is 3.00 bits per heavy atom. The molecule has 0 spiro atoms. The van der Waals surface area contributed by atoms with Crippen LogP contribution in [0.1, 0.15) is 32.0 Å². The number of carbonyl (C=O) groups excluding carboxylic acids is 1. The molecule has 6 nitrogen and oxygen atoms in total. The fourth-order valence-electron chi connectivity index (χ4n) is 3.09. The molecule has 0 radical (unpaired) electrons. The predicted molar refractivity (Wildman–Crippen MR) is 91.7 cm³/mol. The van der Waals surface area contributed by atoms with Crippen molar-refractivity contribution in [3.8, 4) is 0 Å². The average Bonchev–Trinajstić information content (AvgIpc) is 2.57. The van der Waals surface area contributed by atoms with E-state index in [0.29, 0.717) is 49.1 Å². The van der Waals surface area contributed by atoms with Crippen molar-refractivity contribution < 1.29 is 9.90 Å². The van der Waals surface area contributed by atoms with Gasteiger partial charge in [-0.1, -0.05) is 19.1 Å². The number of hydrogen-bond donors (Lipinski definition) is 2. The molecule has 2 unspecified atom stereocenters. The second-order valence-corrected chi connectivity index (χ2v) is 6.56. The van der Waals surface area contributed by atoms with Crippen molar-refractivity contribution in [2.24, 2.45) is 5.92 Å². The van der Waals surface area contributed by atoms with E-state index in [0.717, 1.165) is 6.42 Å². The molecule has 0 bridgehead atoms. The molecule has 1 amide bonds. The molecule has 2 heterocycles. The van der Waals surface area contributed by atoms with Crippen molar-refractivity contribution >= 4 is 16.8 Å². The Bertz CT molecular complexity index is 786. The number of aliphatic hydroxyl groups excluding tert-OH is 1. The summed E-state index contributed by atoms with van der Waals surface area (Å²) in [6.07, 6.45) is 1.99. The Labute approximate surface area is 140 Å². The summed E-state index contributed by atoms with van der Waals surface area (Å²) in [7, 11) is 0. The fourth-order valence-corrected chi connectivity index (χ4v) is 3.09. The van der Waals surface area contributed by atoms with Gasteiger partial charge in [0.15, 0.2) is 0 Å². The summed E-state index contributed by atoms with van der Waals surface area (Å²) in [5.74, 6) is 0.920. The van der Waals surface area contributed by atoms with E-state index in [-0.39, 0.29) is 17.4 Å². The lowest BCUT2D eigenvalue weighted by Crippen LogP contribution is -2.45. The van der Waals surface area contributed by atoms with Crippen LogP contribution < -0.4 is 5.56 Å². The number of hydrogen-bond acceptors (Lipinski definition) is 4. The maximum atomic E-state index is 12.2. The Balaban J connectivity index is 1.57. The van der Waals surface area contributed by atoms with Crippen LogP contribution in [0, 0.1) is 5.92 Å². The first-order valence-corrected chi connectivity index (χ1v) is 8.48. The molecule has 2 aromatic rings. The number of rotatable bonds is 4. The summed E-state index contributed by atoms with van der Waals surface area (Å²) in [5, 5.41) is 10.5. The molecule has 1 saturated heterocycles. The first-order chi connectivity index (χ1) is 11.5. The number of amides is 1. The van der Waals surface area contributed by atoms with Crippen LogP contribution >= 0.6 is 0 Å². The molecule has 3 rings (SSSR count). The van der Waals surface area contributed by atoms with Gasteiger partial charge in [0.2, 0.25) is 5.91 Å². The standard InChI is InChI=1S/C18H23N3O3/c1-12-9-10-21(11-15(12)22)17(23)8-4-7-16-19-14-6-3-2-5-13(14)18(24)20-16/h2-3,5-6,12,15,22H,4,7-11H2,1H3,(H,19,20,24). The minimum atomic E-state index is -0.429. The van der Waals surface area contributed by atoms with E-state index in [9.17, 15) is 14.7 Å². The van der Waals surface area contributed by atoms with Gasteiger partial charge in [-0.3, -0.25) is 9.59 Å². The monoisotopic (exact) mass is 329 g/mol. The SMILES string of the molecule is CC1CCN(C(=O)CCCc2nc3ccccc3c(=O)[nH]2)CC1O. The summed E-state index contributed by atoms with van der Waals surface area (Å²) >= 11 is 0. The number of aromatic nitrogens is 2. The van der Waals surface area contributed by atoms with Crippen molar-refractivity contribution in [2.45, 2.75) is 38.7 Å². The number of piperidine rings is 1. The number of para-hydroxylation sites is 1. The van der Waals surface area contributed by atoms with Crippen molar-refractivity contribution in [3.63, 3.8) is 0 Å². The third-order valence-corrected chi connectivity index (χ3v) is 4.74. The average molecular weight is 329 g/mol. The summed E-state index contributed by atoms with van der Waals surface area (Å²) in [6.45, 7) is 3.14. The minimum Gasteiger partial charge on any atom is -0.391 e. The number of carbonyl (C=O) groups is 1. The van der Waals surface area contributed by atoms with Crippen LogP contribution in [0.2, 0.25) is 0 Å². The third kappa shape index (κ3) is 3.64. The number of aryl methyl sites for hydroxylation is 1. The molecule has 1 fully saturated rings. The third-order valence-electron chi connectivity index (χ3n) is 4.74. The number of H-pyrrole nitrogens is 1. The predicted octanol–water partition coefficient (Wildman–Crippen LogP) is 1.48. The van der Waals surface area contributed by atoms with E-state index < -0.39 is 6.10 Å². The number of aliphatic hydroxyl groups is 1. The van der Waals surface area contributed by atoms with Crippen molar-refractivity contribution in [1.82, 2.24) is 14.9 Å². The molecular weight excluding hydrogens is 306 g/mol. The summed E-state index contributed by atoms with van der Waals surface area (Å²) in [4.78, 5) is 33.2. The summed E-state index contributed by atoms with van der Waals surface area (Å²) in [5.41, 5.74) is 0.533. The molecule has 1 aromatic carbocycles. The topological polar surface area (TPSA) is 86.3 Å². The van der Waals surface area contributed by atoms with Crippen LogP contribution in [0.15, 0.2) is 29.1 Å². The lowest BCUT2D eigenvalue weighted by molar-refractivity contribution is -0.135. The largest absolute Gasteiger partial charge is 0.391 e. The van der Waals surface area contributed by atoms with E-state index in [1.54, 1.807) is 11.0 Å². The lowest BCUT2D eigenvalue weighted by atomic mass is 9.96. The number of benzene rings is 1. The van der Waals surface area contributed by atoms with Gasteiger partial charge in [-0.05, 0) is 30.9 Å². The summed E-state index contributed by atoms with van der Waals surface area (Å²) in [6, 6.07) is 7.23. The van der Waals surface area contributed by atoms with Crippen molar-refractivity contribution in [2.75, 3.05) is 13.1 Å². The van der Waals surface area contributed by atoms with Crippen LogP contribution in [0.5, 0.6) is 0 Å². The van der Waals surface area contributed by atoms with Crippen LogP contribution in [0.25, 0.3) is 10.9 Å². The molecule has 1 aliphatic heterocycles. The van der Waals surface area contributed by atoms with Crippen LogP contribution in [0.3, 0.4) is 0 Å². The number of nitrogens with one attached hydrogen (secondary N) is 1. The van der Waals surface area contributed by atoms with Gasteiger partial charge in [0.25, 0.3) is 5.56 Å². The normalized spacial score (nSPS) is 21.2. The van der Waals surface area contributed by atoms with Crippen molar-refractivity contribution in [3.05, 3.63) is 40.4 Å². The van der Waals surface area contributed by atoms with Crippen LogP contribution in [0.4, 0.5) is 0 Å². The van der Waals surface area contributed by atoms with Crippen molar-refractivity contribution in [1.29, 1.82) is 0 Å². The van der Waals surface area contributed by atoms with E-state index in [1.165, 1.54) is 0 Å². The highest BCUT2D eigenvalue weighted by Gasteiger charge is 2.26. The maximum absolute atomic E-state index is 12.2. The number of β-amino-alcohol motifs (C(OH)–C–C–N with tert-alkyl or cyclic N) is 1. The first-order valence-electron chi connectivity index (χ1n) is 8.48. The van der Waals surface area contributed by atoms with Gasteiger partial charge in [0.1, 0.15) is 5.82 Å². The van der Waals surface area contributed by atoms with Gasteiger partial charge in [-0.25, -0.2) is 4.98 Å². The number of likely N-dealkylation sites (tertiary alicyclic amines) is 1. The van der Waals surface area contributed by atoms with Gasteiger partial charge in [-0.15, -0.1) is 0 Å². The van der Waals surface area contributed by atoms with Gasteiger partial charge in [0.05, 0.1) is 17.0 Å². The number of aromatic amines is 1. The highest BCUT2D eigenvalue weighted by atomic mass is 16.3. The molecule has 6 heteroatoms. The highest BCUT2D eigenvalue weighted by Crippen LogP contribution is 2.18. The zero-order valence-corrected chi connectivity index (χ0v) is 13.9. The van der Waals surface area contributed by atoms with Gasteiger partial charge < -0.3 is 15.0 Å². The zero-order valence-electron chi connectivity index (χ0n) is 13.9. The molecule has 2 atom stereocenters.